The number of nitrogens with zero attached hydrogens (tertiary/aromatic N) is 5. The Hall–Kier alpha value is -1.09. The van der Waals surface area contributed by atoms with Crippen LogP contribution in [0.3, 0.4) is 0 Å². The zero-order chi connectivity index (χ0) is 27.5. The summed E-state index contributed by atoms with van der Waals surface area (Å²) < 4.78 is 27.8. The van der Waals surface area contributed by atoms with E-state index in [9.17, 15) is 18.4 Å². The molecule has 1 saturated carbocycles. The number of fused-ring (bicyclic) bond motifs is 3. The van der Waals surface area contributed by atoms with Crippen molar-refractivity contribution in [2.75, 3.05) is 12.4 Å². The third-order valence-corrected chi connectivity index (χ3v) is 6.65. The van der Waals surface area contributed by atoms with Crippen LogP contribution in [0, 0.1) is 7.43 Å². The Morgan fingerprint density at radius 2 is 1.87 bits per heavy atom. The first-order valence-corrected chi connectivity index (χ1v) is 12.7. The molecule has 1 unspecified atom stereocenters. The Kier molecular flexibility index (Phi) is 14.0. The second-order valence-corrected chi connectivity index (χ2v) is 10.0. The molecule has 0 bridgehead atoms. The van der Waals surface area contributed by atoms with Crippen molar-refractivity contribution in [3.8, 4) is 0 Å². The smallest absolute Gasteiger partial charge is 0.358 e. The number of rotatable bonds is 5. The van der Waals surface area contributed by atoms with Gasteiger partial charge in [-0.1, -0.05) is 46.2 Å². The maximum atomic E-state index is 13.0. The number of anilines is 1. The Bertz CT molecular complexity index is 1280. The van der Waals surface area contributed by atoms with Crippen LogP contribution >= 0.6 is 11.6 Å². The van der Waals surface area contributed by atoms with Gasteiger partial charge < -0.3 is 17.6 Å². The molecule has 3 heterocycles. The number of hydrogen-bond donors (Lipinski definition) is 1. The number of pyridine rings is 1. The van der Waals surface area contributed by atoms with Crippen LogP contribution in [0.2, 0.25) is 5.15 Å². The maximum Gasteiger partial charge on any atom is 1.00 e. The van der Waals surface area contributed by atoms with E-state index in [4.69, 9.17) is 11.6 Å². The Morgan fingerprint density at radius 1 is 1.23 bits per heavy atom. The number of halogens is 3. The third-order valence-electron chi connectivity index (χ3n) is 6.47. The SMILES string of the molecule is CC.CC1CC(C)(C)c2c1cnc1cc(Cl)nn21.CN(C(=O)c1ncc(NC=O)cc1C(F)F)C1CC1.[CH3-].[Cs+]. The topological polar surface area (TPSA) is 92.5 Å². The second kappa shape index (κ2) is 15.2. The van der Waals surface area contributed by atoms with Gasteiger partial charge in [-0.3, -0.25) is 9.59 Å². The second-order valence-electron chi connectivity index (χ2n) is 9.66. The summed E-state index contributed by atoms with van der Waals surface area (Å²) in [5, 5.41) is 7.08. The van der Waals surface area contributed by atoms with E-state index >= 15 is 0 Å². The van der Waals surface area contributed by atoms with Crippen LogP contribution in [0.25, 0.3) is 5.65 Å². The Morgan fingerprint density at radius 3 is 2.44 bits per heavy atom. The number of nitrogens with one attached hydrogen (secondary N) is 1. The molecule has 208 valence electrons. The van der Waals surface area contributed by atoms with Crippen molar-refractivity contribution in [2.45, 2.75) is 77.7 Å². The predicted octanol–water partition coefficient (Wildman–Crippen LogP) is 3.47. The van der Waals surface area contributed by atoms with Crippen LogP contribution in [-0.2, 0) is 10.2 Å². The average molecular weight is 683 g/mol. The molecule has 0 aromatic carbocycles. The maximum absolute atomic E-state index is 13.0. The number of alkyl halides is 2. The van der Waals surface area contributed by atoms with Crippen LogP contribution in [0.1, 0.15) is 93.5 Å². The molecule has 39 heavy (non-hydrogen) atoms. The van der Waals surface area contributed by atoms with Gasteiger partial charge in [0.1, 0.15) is 5.69 Å². The zero-order valence-electron chi connectivity index (χ0n) is 23.9. The van der Waals surface area contributed by atoms with Crippen LogP contribution in [0.15, 0.2) is 24.5 Å². The molecule has 0 aliphatic heterocycles. The normalized spacial score (nSPS) is 16.4. The minimum absolute atomic E-state index is 0. The van der Waals surface area contributed by atoms with Crippen LogP contribution < -0.4 is 74.2 Å². The zero-order valence-corrected chi connectivity index (χ0v) is 31.0. The van der Waals surface area contributed by atoms with Crippen molar-refractivity contribution in [3.63, 3.8) is 0 Å². The minimum Gasteiger partial charge on any atom is -0.358 e. The van der Waals surface area contributed by atoms with Crippen LogP contribution in [0.4, 0.5) is 14.5 Å². The largest absolute Gasteiger partial charge is 1.00 e. The number of hydrogen-bond acceptors (Lipinski definition) is 5. The van der Waals surface area contributed by atoms with Crippen molar-refractivity contribution in [1.82, 2.24) is 24.5 Å². The fraction of sp³-hybridized carbons (Fsp3) is 0.481. The summed E-state index contributed by atoms with van der Waals surface area (Å²) in [6.45, 7) is 10.8. The van der Waals surface area contributed by atoms with Gasteiger partial charge in [0, 0.05) is 30.8 Å². The van der Waals surface area contributed by atoms with Crippen molar-refractivity contribution >= 4 is 35.3 Å². The van der Waals surface area contributed by atoms with Crippen molar-refractivity contribution in [2.24, 2.45) is 0 Å². The summed E-state index contributed by atoms with van der Waals surface area (Å²) in [6, 6.07) is 2.99. The summed E-state index contributed by atoms with van der Waals surface area (Å²) in [5.74, 6) is 0.0281. The van der Waals surface area contributed by atoms with Gasteiger partial charge in [-0.05, 0) is 36.8 Å². The van der Waals surface area contributed by atoms with Gasteiger partial charge in [0.15, 0.2) is 10.8 Å². The van der Waals surface area contributed by atoms with Gasteiger partial charge in [-0.2, -0.15) is 5.10 Å². The first-order valence-electron chi connectivity index (χ1n) is 12.3. The third kappa shape index (κ3) is 8.24. The molecule has 5 rings (SSSR count). The molecule has 3 aromatic heterocycles. The molecule has 1 atom stereocenters. The van der Waals surface area contributed by atoms with Gasteiger partial charge in [0.05, 0.1) is 23.1 Å². The van der Waals surface area contributed by atoms with Crippen molar-refractivity contribution in [1.29, 1.82) is 0 Å². The molecule has 0 spiro atoms. The summed E-state index contributed by atoms with van der Waals surface area (Å²) in [5.41, 5.74) is 2.95. The van der Waals surface area contributed by atoms with E-state index < -0.39 is 17.9 Å². The molecule has 2 amide bonds. The van der Waals surface area contributed by atoms with E-state index in [1.807, 2.05) is 24.6 Å². The van der Waals surface area contributed by atoms with Gasteiger partial charge in [-0.25, -0.2) is 23.3 Å². The van der Waals surface area contributed by atoms with Gasteiger partial charge >= 0.3 is 68.9 Å². The monoisotopic (exact) mass is 682 g/mol. The van der Waals surface area contributed by atoms with Crippen molar-refractivity contribution in [3.05, 3.63) is 59.6 Å². The number of carbonyl (C=O) groups excluding carboxylic acids is 2. The fourth-order valence-corrected chi connectivity index (χ4v) is 4.87. The summed E-state index contributed by atoms with van der Waals surface area (Å²) in [7, 11) is 1.58. The minimum atomic E-state index is -2.83. The standard InChI is InChI=1S/C12H14ClN3.C12H13F2N3O2.C2H6.CH3.Cs/c1-7-5-12(2,3)11-8(7)6-14-10-4-9(13)15-16(10)11;1-17(8-2-3-8)12(19)10-9(11(13)14)4-7(5-15-10)16-6-18;1-2;;/h4,6-7H,5H2,1-3H3;4-6,8,11H,2-3H2,1H3,(H,16,18);1-2H3;1H3;/q;;;-1;+1. The quantitative estimate of drug-likeness (QED) is 0.329. The van der Waals surface area contributed by atoms with E-state index in [-0.39, 0.29) is 99.2 Å². The molecule has 1 fully saturated rings. The molecule has 2 aliphatic carbocycles. The summed E-state index contributed by atoms with van der Waals surface area (Å²) in [6.07, 6.45) is 3.61. The molecule has 2 aliphatic rings. The average Bonchev–Trinajstić information content (AvgIpc) is 3.59. The van der Waals surface area contributed by atoms with Gasteiger partial charge in [0.2, 0.25) is 6.41 Å². The molecule has 0 radical (unpaired) electrons. The van der Waals surface area contributed by atoms with E-state index in [1.165, 1.54) is 22.4 Å². The number of carbonyl (C=O) groups is 2. The first-order chi connectivity index (χ1) is 17.5. The number of amides is 2. The van der Waals surface area contributed by atoms with Crippen molar-refractivity contribution < 1.29 is 87.3 Å². The summed E-state index contributed by atoms with van der Waals surface area (Å²) >= 11 is 5.94. The Balaban J connectivity index is 0.000000353. The first kappa shape index (κ1) is 35.9. The molecule has 8 nitrogen and oxygen atoms in total. The molecule has 12 heteroatoms. The number of aromatic nitrogens is 4. The molecule has 3 aromatic rings. The van der Waals surface area contributed by atoms with Crippen LogP contribution in [0.5, 0.6) is 0 Å². The fourth-order valence-electron chi connectivity index (χ4n) is 4.70. The molecule has 1 N–H and O–H groups in total. The van der Waals surface area contributed by atoms with Gasteiger partial charge in [-0.15, -0.1) is 0 Å². The van der Waals surface area contributed by atoms with Gasteiger partial charge in [0.25, 0.3) is 12.3 Å². The molecule has 0 saturated heterocycles. The predicted molar refractivity (Wildman–Crippen MR) is 146 cm³/mol. The van der Waals surface area contributed by atoms with E-state index in [0.717, 1.165) is 31.0 Å². The van der Waals surface area contributed by atoms with Crippen LogP contribution in [-0.4, -0.2) is 49.9 Å². The molecular weight excluding hydrogens is 647 g/mol. The van der Waals surface area contributed by atoms with E-state index in [2.05, 4.69) is 41.2 Å². The van der Waals surface area contributed by atoms with E-state index in [0.29, 0.717) is 17.5 Å². The Labute approximate surface area is 293 Å². The summed E-state index contributed by atoms with van der Waals surface area (Å²) in [4.78, 5) is 31.9. The van der Waals surface area contributed by atoms with E-state index in [1.54, 1.807) is 13.1 Å². The molecular formula is C27H36ClCsF2N6O2.